The number of hydrogen-bond acceptors (Lipinski definition) is 4. The van der Waals surface area contributed by atoms with E-state index in [0.29, 0.717) is 19.8 Å². The van der Waals surface area contributed by atoms with Crippen molar-refractivity contribution in [1.82, 2.24) is 9.99 Å². The van der Waals surface area contributed by atoms with E-state index in [9.17, 15) is 4.79 Å². The van der Waals surface area contributed by atoms with Gasteiger partial charge in [-0.15, -0.1) is 0 Å². The summed E-state index contributed by atoms with van der Waals surface area (Å²) in [6.45, 7) is 7.44. The van der Waals surface area contributed by atoms with Crippen molar-refractivity contribution in [2.75, 3.05) is 13.2 Å². The third-order valence-electron chi connectivity index (χ3n) is 4.25. The van der Waals surface area contributed by atoms with Crippen LogP contribution in [-0.2, 0) is 11.3 Å². The van der Waals surface area contributed by atoms with Crippen LogP contribution in [0.2, 0.25) is 0 Å². The molecule has 0 aliphatic carbocycles. The highest BCUT2D eigenvalue weighted by Crippen LogP contribution is 2.21. The first kappa shape index (κ1) is 19.5. The van der Waals surface area contributed by atoms with Crippen molar-refractivity contribution in [3.63, 3.8) is 0 Å². The summed E-state index contributed by atoms with van der Waals surface area (Å²) in [4.78, 5) is 11.4. The van der Waals surface area contributed by atoms with Gasteiger partial charge in [-0.2, -0.15) is 5.10 Å². The van der Waals surface area contributed by atoms with E-state index in [1.165, 1.54) is 11.1 Å². The summed E-state index contributed by atoms with van der Waals surface area (Å²) >= 11 is 0. The minimum absolute atomic E-state index is 0.307. The fraction of sp³-hybridized carbons (Fsp3) is 0.273. The van der Waals surface area contributed by atoms with E-state index >= 15 is 0 Å². The molecule has 28 heavy (non-hydrogen) atoms. The van der Waals surface area contributed by atoms with Gasteiger partial charge >= 0.3 is 6.09 Å². The predicted molar refractivity (Wildman–Crippen MR) is 111 cm³/mol. The molecule has 0 fully saturated rings. The average molecular weight is 379 g/mol. The van der Waals surface area contributed by atoms with Crippen molar-refractivity contribution < 1.29 is 14.3 Å². The zero-order valence-electron chi connectivity index (χ0n) is 16.4. The molecule has 2 aromatic carbocycles. The third kappa shape index (κ3) is 4.91. The number of hydrazone groups is 1. The Bertz CT molecular complexity index is 972. The number of nitrogens with zero attached hydrogens (tertiary/aromatic N) is 2. The van der Waals surface area contributed by atoms with Crippen molar-refractivity contribution >= 4 is 23.2 Å². The highest BCUT2D eigenvalue weighted by molar-refractivity contribution is 5.99. The van der Waals surface area contributed by atoms with Gasteiger partial charge in [0.1, 0.15) is 12.4 Å². The maximum Gasteiger partial charge on any atom is 0.427 e. The topological polar surface area (TPSA) is 64.8 Å². The summed E-state index contributed by atoms with van der Waals surface area (Å²) in [6.07, 6.45) is 3.07. The maximum absolute atomic E-state index is 11.4. The lowest BCUT2D eigenvalue weighted by atomic mass is 10.1. The fourth-order valence-corrected chi connectivity index (χ4v) is 3.16. The van der Waals surface area contributed by atoms with Crippen LogP contribution >= 0.6 is 0 Å². The lowest BCUT2D eigenvalue weighted by Crippen LogP contribution is -2.18. The van der Waals surface area contributed by atoms with E-state index in [0.717, 1.165) is 22.2 Å². The standard InChI is InChI=1S/C22H25N3O3/c1-4-27-22(26)24-23-14-18-15-25(21-8-6-5-7-20(18)21)9-10-28-19-12-16(2)11-17(3)13-19/h5-8,11-15H,4,9-10H2,1-3H3,(H,24,26). The van der Waals surface area contributed by atoms with E-state index in [1.807, 2.05) is 36.5 Å². The number of rotatable bonds is 7. The molecule has 0 spiro atoms. The Morgan fingerprint density at radius 3 is 2.68 bits per heavy atom. The van der Waals surface area contributed by atoms with Gasteiger partial charge in [-0.1, -0.05) is 24.3 Å². The fourth-order valence-electron chi connectivity index (χ4n) is 3.16. The Kier molecular flexibility index (Phi) is 6.32. The molecule has 0 bridgehead atoms. The highest BCUT2D eigenvalue weighted by Gasteiger charge is 2.07. The number of carbonyl (C=O) groups excluding carboxylic acids is 1. The molecule has 1 aromatic heterocycles. The van der Waals surface area contributed by atoms with Crippen molar-refractivity contribution in [2.45, 2.75) is 27.3 Å². The normalized spacial score (nSPS) is 11.1. The molecule has 0 saturated heterocycles. The van der Waals surface area contributed by atoms with Crippen LogP contribution in [0.1, 0.15) is 23.6 Å². The Balaban J connectivity index is 1.71. The van der Waals surface area contributed by atoms with Crippen LogP contribution in [0, 0.1) is 13.8 Å². The second-order valence-electron chi connectivity index (χ2n) is 6.56. The molecule has 6 nitrogen and oxygen atoms in total. The first-order chi connectivity index (χ1) is 13.6. The molecular weight excluding hydrogens is 354 g/mol. The van der Waals surface area contributed by atoms with Crippen LogP contribution in [0.3, 0.4) is 0 Å². The number of hydrogen-bond donors (Lipinski definition) is 1. The van der Waals surface area contributed by atoms with Gasteiger partial charge in [0, 0.05) is 22.7 Å². The lowest BCUT2D eigenvalue weighted by Gasteiger charge is -2.10. The molecule has 1 amide bonds. The molecule has 0 radical (unpaired) electrons. The van der Waals surface area contributed by atoms with Crippen molar-refractivity contribution in [3.05, 3.63) is 65.4 Å². The number of aryl methyl sites for hydroxylation is 2. The van der Waals surface area contributed by atoms with Crippen molar-refractivity contribution in [2.24, 2.45) is 5.10 Å². The Morgan fingerprint density at radius 2 is 1.93 bits per heavy atom. The first-order valence-electron chi connectivity index (χ1n) is 9.31. The zero-order chi connectivity index (χ0) is 19.9. The summed E-state index contributed by atoms with van der Waals surface area (Å²) in [7, 11) is 0. The number of ether oxygens (including phenoxy) is 2. The van der Waals surface area contributed by atoms with Gasteiger partial charge in [0.25, 0.3) is 0 Å². The number of carbonyl (C=O) groups is 1. The lowest BCUT2D eigenvalue weighted by molar-refractivity contribution is 0.152. The van der Waals surface area contributed by atoms with E-state index in [4.69, 9.17) is 9.47 Å². The van der Waals surface area contributed by atoms with Crippen molar-refractivity contribution in [1.29, 1.82) is 0 Å². The van der Waals surface area contributed by atoms with E-state index in [-0.39, 0.29) is 0 Å². The molecule has 6 heteroatoms. The van der Waals surface area contributed by atoms with E-state index in [2.05, 4.69) is 41.1 Å². The van der Waals surface area contributed by atoms with Crippen LogP contribution in [0.5, 0.6) is 5.75 Å². The molecule has 0 atom stereocenters. The smallest absolute Gasteiger partial charge is 0.427 e. The summed E-state index contributed by atoms with van der Waals surface area (Å²) in [5.41, 5.74) is 6.74. The molecule has 0 aliphatic rings. The Morgan fingerprint density at radius 1 is 1.18 bits per heavy atom. The zero-order valence-corrected chi connectivity index (χ0v) is 16.4. The second kappa shape index (κ2) is 9.08. The van der Waals surface area contributed by atoms with Crippen LogP contribution in [-0.4, -0.2) is 30.1 Å². The molecule has 0 unspecified atom stereocenters. The molecular formula is C22H25N3O3. The molecule has 3 rings (SSSR count). The highest BCUT2D eigenvalue weighted by atomic mass is 16.5. The maximum atomic E-state index is 11.4. The van der Waals surface area contributed by atoms with Gasteiger partial charge in [0.15, 0.2) is 0 Å². The van der Waals surface area contributed by atoms with E-state index in [1.54, 1.807) is 13.1 Å². The second-order valence-corrected chi connectivity index (χ2v) is 6.56. The number of benzene rings is 2. The Hall–Kier alpha value is -3.28. The number of aromatic nitrogens is 1. The van der Waals surface area contributed by atoms with Crippen LogP contribution in [0.4, 0.5) is 4.79 Å². The van der Waals surface area contributed by atoms with Gasteiger partial charge in [-0.3, -0.25) is 0 Å². The van der Waals surface area contributed by atoms with E-state index < -0.39 is 6.09 Å². The average Bonchev–Trinajstić information content (AvgIpc) is 2.99. The van der Waals surface area contributed by atoms with Crippen LogP contribution < -0.4 is 10.2 Å². The number of fused-ring (bicyclic) bond motifs is 1. The predicted octanol–water partition coefficient (Wildman–Crippen LogP) is 4.42. The third-order valence-corrected chi connectivity index (χ3v) is 4.25. The molecule has 0 saturated carbocycles. The van der Waals surface area contributed by atoms with Crippen molar-refractivity contribution in [3.8, 4) is 5.75 Å². The minimum Gasteiger partial charge on any atom is -0.492 e. The Labute approximate surface area is 164 Å². The number of para-hydroxylation sites is 1. The summed E-state index contributed by atoms with van der Waals surface area (Å²) in [5.74, 6) is 0.884. The molecule has 146 valence electrons. The summed E-state index contributed by atoms with van der Waals surface area (Å²) < 4.78 is 12.9. The molecule has 1 heterocycles. The molecule has 3 aromatic rings. The first-order valence-corrected chi connectivity index (χ1v) is 9.31. The van der Waals surface area contributed by atoms with Crippen LogP contribution in [0.25, 0.3) is 10.9 Å². The van der Waals surface area contributed by atoms with Gasteiger partial charge in [0.2, 0.25) is 0 Å². The SMILES string of the molecule is CCOC(=O)NN=Cc1cn(CCOc2cc(C)cc(C)c2)c2ccccc12. The summed E-state index contributed by atoms with van der Waals surface area (Å²) in [5, 5.41) is 5.04. The summed E-state index contributed by atoms with van der Waals surface area (Å²) in [6, 6.07) is 14.3. The van der Waals surface area contributed by atoms with Gasteiger partial charge in [-0.25, -0.2) is 10.2 Å². The van der Waals surface area contributed by atoms with Gasteiger partial charge in [-0.05, 0) is 50.1 Å². The monoisotopic (exact) mass is 379 g/mol. The molecule has 1 N–H and O–H groups in total. The van der Waals surface area contributed by atoms with Gasteiger partial charge < -0.3 is 14.0 Å². The number of nitrogens with one attached hydrogen (secondary N) is 1. The minimum atomic E-state index is -0.565. The number of amides is 1. The molecule has 0 aliphatic heterocycles. The largest absolute Gasteiger partial charge is 0.492 e. The van der Waals surface area contributed by atoms with Crippen LogP contribution in [0.15, 0.2) is 53.8 Å². The van der Waals surface area contributed by atoms with Gasteiger partial charge in [0.05, 0.1) is 19.4 Å². The quantitative estimate of drug-likeness (QED) is 0.488.